The summed E-state index contributed by atoms with van der Waals surface area (Å²) in [5, 5.41) is 12.1. The molecule has 0 radical (unpaired) electrons. The fourth-order valence-electron chi connectivity index (χ4n) is 2.82. The molecule has 0 aliphatic carbocycles. The molecule has 0 aliphatic rings. The maximum Gasteiger partial charge on any atom is 0.287 e. The number of para-hydroxylation sites is 1. The zero-order chi connectivity index (χ0) is 16.5. The van der Waals surface area contributed by atoms with Crippen LogP contribution >= 0.6 is 0 Å². The minimum absolute atomic E-state index is 0.211. The smallest absolute Gasteiger partial charge is 0.287 e. The molecule has 0 bridgehead atoms. The number of nitrogens with one attached hydrogen (secondary N) is 1. The van der Waals surface area contributed by atoms with Crippen LogP contribution in [0.4, 0.5) is 0 Å². The Hall–Kier alpha value is -3.15. The maximum absolute atomic E-state index is 12.4. The number of aryl methyl sites for hydroxylation is 1. The molecule has 1 aromatic carbocycles. The zero-order valence-corrected chi connectivity index (χ0v) is 13.2. The van der Waals surface area contributed by atoms with Crippen molar-refractivity contribution >= 4 is 22.5 Å². The monoisotopic (exact) mass is 320 g/mol. The van der Waals surface area contributed by atoms with Crippen LogP contribution in [-0.4, -0.2) is 27.0 Å². The van der Waals surface area contributed by atoms with Gasteiger partial charge in [-0.15, -0.1) is 10.2 Å². The number of pyridine rings is 1. The second-order valence-electron chi connectivity index (χ2n) is 5.60. The zero-order valence-electron chi connectivity index (χ0n) is 13.2. The molecule has 0 aliphatic heterocycles. The van der Waals surface area contributed by atoms with Crippen LogP contribution in [0, 0.1) is 6.92 Å². The number of carbonyl (C=O) groups excluding carboxylic acids is 1. The number of fused-ring (bicyclic) bond motifs is 2. The van der Waals surface area contributed by atoms with Crippen molar-refractivity contribution in [1.29, 1.82) is 0 Å². The molecular formula is C18H16N4O2. The third-order valence-corrected chi connectivity index (χ3v) is 4.07. The Kier molecular flexibility index (Phi) is 3.49. The Balaban J connectivity index is 1.47. The molecule has 0 saturated heterocycles. The fourth-order valence-corrected chi connectivity index (χ4v) is 2.82. The minimum atomic E-state index is -0.211. The van der Waals surface area contributed by atoms with Gasteiger partial charge in [-0.05, 0) is 25.1 Å². The molecule has 120 valence electrons. The number of rotatable bonds is 4. The molecule has 4 aromatic rings. The van der Waals surface area contributed by atoms with Gasteiger partial charge in [-0.2, -0.15) is 0 Å². The fraction of sp³-hybridized carbons (Fsp3) is 0.167. The van der Waals surface area contributed by atoms with Crippen molar-refractivity contribution in [3.63, 3.8) is 0 Å². The number of furan rings is 1. The number of hydrogen-bond acceptors (Lipinski definition) is 4. The highest BCUT2D eigenvalue weighted by Crippen LogP contribution is 2.24. The van der Waals surface area contributed by atoms with Crippen LogP contribution in [0.1, 0.15) is 21.9 Å². The first-order valence-electron chi connectivity index (χ1n) is 7.79. The average Bonchev–Trinajstić information content (AvgIpc) is 3.17. The minimum Gasteiger partial charge on any atom is -0.451 e. The van der Waals surface area contributed by atoms with Crippen LogP contribution in [0.5, 0.6) is 0 Å². The first kappa shape index (κ1) is 14.4. The van der Waals surface area contributed by atoms with Gasteiger partial charge in [0.15, 0.2) is 11.4 Å². The number of hydrogen-bond donors (Lipinski definition) is 1. The lowest BCUT2D eigenvalue weighted by atomic mass is 10.1. The topological polar surface area (TPSA) is 72.4 Å². The lowest BCUT2D eigenvalue weighted by Gasteiger charge is -2.03. The second-order valence-corrected chi connectivity index (χ2v) is 5.60. The van der Waals surface area contributed by atoms with Gasteiger partial charge in [-0.25, -0.2) is 0 Å². The molecule has 24 heavy (non-hydrogen) atoms. The lowest BCUT2D eigenvalue weighted by Crippen LogP contribution is -2.26. The van der Waals surface area contributed by atoms with Crippen molar-refractivity contribution in [3.05, 3.63) is 65.8 Å². The summed E-state index contributed by atoms with van der Waals surface area (Å²) in [6, 6.07) is 13.4. The normalized spacial score (nSPS) is 11.2. The summed E-state index contributed by atoms with van der Waals surface area (Å²) in [7, 11) is 0. The molecule has 6 nitrogen and oxygen atoms in total. The van der Waals surface area contributed by atoms with E-state index in [1.807, 2.05) is 60.0 Å². The third-order valence-electron chi connectivity index (χ3n) is 4.07. The number of aromatic nitrogens is 3. The number of carbonyl (C=O) groups is 1. The van der Waals surface area contributed by atoms with Gasteiger partial charge in [-0.1, -0.05) is 24.3 Å². The molecule has 1 amide bonds. The molecule has 6 heteroatoms. The summed E-state index contributed by atoms with van der Waals surface area (Å²) < 4.78 is 7.59. The molecule has 3 aromatic heterocycles. The van der Waals surface area contributed by atoms with Gasteiger partial charge < -0.3 is 9.73 Å². The summed E-state index contributed by atoms with van der Waals surface area (Å²) in [5.41, 5.74) is 2.38. The molecule has 0 spiro atoms. The summed E-state index contributed by atoms with van der Waals surface area (Å²) >= 11 is 0. The molecule has 0 atom stereocenters. The van der Waals surface area contributed by atoms with Crippen LogP contribution in [-0.2, 0) is 6.42 Å². The van der Waals surface area contributed by atoms with Crippen LogP contribution in [0.3, 0.4) is 0 Å². The SMILES string of the molecule is Cc1c(C(=O)NCCc2nnc3ccccn23)oc2ccccc12. The maximum atomic E-state index is 12.4. The second kappa shape index (κ2) is 5.81. The van der Waals surface area contributed by atoms with Gasteiger partial charge in [0.2, 0.25) is 0 Å². The predicted molar refractivity (Wildman–Crippen MR) is 90.0 cm³/mol. The highest BCUT2D eigenvalue weighted by molar-refractivity contribution is 5.98. The van der Waals surface area contributed by atoms with Gasteiger partial charge in [-0.3, -0.25) is 9.20 Å². The average molecular weight is 320 g/mol. The summed E-state index contributed by atoms with van der Waals surface area (Å²) in [5.74, 6) is 0.965. The summed E-state index contributed by atoms with van der Waals surface area (Å²) in [6.45, 7) is 2.36. The van der Waals surface area contributed by atoms with E-state index in [2.05, 4.69) is 15.5 Å². The first-order chi connectivity index (χ1) is 11.7. The van der Waals surface area contributed by atoms with E-state index < -0.39 is 0 Å². The van der Waals surface area contributed by atoms with Crippen molar-refractivity contribution in [2.75, 3.05) is 6.54 Å². The summed E-state index contributed by atoms with van der Waals surface area (Å²) in [6.07, 6.45) is 2.51. The first-order valence-corrected chi connectivity index (χ1v) is 7.79. The Labute approximate surface area is 138 Å². The van der Waals surface area contributed by atoms with Crippen LogP contribution in [0.25, 0.3) is 16.6 Å². The Morgan fingerprint density at radius 2 is 2.00 bits per heavy atom. The number of benzene rings is 1. The van der Waals surface area contributed by atoms with E-state index in [-0.39, 0.29) is 5.91 Å². The molecule has 1 N–H and O–H groups in total. The van der Waals surface area contributed by atoms with E-state index >= 15 is 0 Å². The van der Waals surface area contributed by atoms with Crippen molar-refractivity contribution in [2.24, 2.45) is 0 Å². The standard InChI is InChI=1S/C18H16N4O2/c1-12-13-6-2-3-7-14(13)24-17(12)18(23)19-10-9-16-21-20-15-8-4-5-11-22(15)16/h2-8,11H,9-10H2,1H3,(H,19,23). The molecule has 0 unspecified atom stereocenters. The molecule has 4 rings (SSSR count). The van der Waals surface area contributed by atoms with Crippen molar-refractivity contribution in [1.82, 2.24) is 19.9 Å². The van der Waals surface area contributed by atoms with E-state index in [4.69, 9.17) is 4.42 Å². The van der Waals surface area contributed by atoms with Crippen molar-refractivity contribution in [2.45, 2.75) is 13.3 Å². The van der Waals surface area contributed by atoms with Gasteiger partial charge >= 0.3 is 0 Å². The molecular weight excluding hydrogens is 304 g/mol. The number of nitrogens with zero attached hydrogens (tertiary/aromatic N) is 3. The predicted octanol–water partition coefficient (Wildman–Crippen LogP) is 2.76. The van der Waals surface area contributed by atoms with E-state index in [9.17, 15) is 4.79 Å². The highest BCUT2D eigenvalue weighted by atomic mass is 16.3. The summed E-state index contributed by atoms with van der Waals surface area (Å²) in [4.78, 5) is 12.4. The quantitative estimate of drug-likeness (QED) is 0.627. The van der Waals surface area contributed by atoms with Gasteiger partial charge in [0.1, 0.15) is 11.4 Å². The van der Waals surface area contributed by atoms with E-state index in [1.165, 1.54) is 0 Å². The molecule has 3 heterocycles. The van der Waals surface area contributed by atoms with Gasteiger partial charge in [0.05, 0.1) is 0 Å². The molecule has 0 fully saturated rings. The van der Waals surface area contributed by atoms with E-state index in [0.29, 0.717) is 18.7 Å². The van der Waals surface area contributed by atoms with Crippen LogP contribution in [0.15, 0.2) is 53.1 Å². The van der Waals surface area contributed by atoms with Crippen molar-refractivity contribution < 1.29 is 9.21 Å². The van der Waals surface area contributed by atoms with E-state index in [1.54, 1.807) is 0 Å². The lowest BCUT2D eigenvalue weighted by molar-refractivity contribution is 0.0927. The van der Waals surface area contributed by atoms with Crippen LogP contribution < -0.4 is 5.32 Å². The third kappa shape index (κ3) is 2.42. The Morgan fingerprint density at radius 3 is 2.88 bits per heavy atom. The number of amides is 1. The van der Waals surface area contributed by atoms with Gasteiger partial charge in [0, 0.05) is 30.1 Å². The highest BCUT2D eigenvalue weighted by Gasteiger charge is 2.17. The van der Waals surface area contributed by atoms with E-state index in [0.717, 1.165) is 28.0 Å². The van der Waals surface area contributed by atoms with Crippen molar-refractivity contribution in [3.8, 4) is 0 Å². The Bertz CT molecular complexity index is 1030. The Morgan fingerprint density at radius 1 is 1.17 bits per heavy atom. The largest absolute Gasteiger partial charge is 0.451 e. The van der Waals surface area contributed by atoms with Gasteiger partial charge in [0.25, 0.3) is 5.91 Å². The van der Waals surface area contributed by atoms with Crippen LogP contribution in [0.2, 0.25) is 0 Å². The molecule has 0 saturated carbocycles.